The van der Waals surface area contributed by atoms with Crippen LogP contribution in [0.2, 0.25) is 0 Å². The van der Waals surface area contributed by atoms with Crippen molar-refractivity contribution in [3.05, 3.63) is 29.7 Å². The highest BCUT2D eigenvalue weighted by atomic mass is 16.5. The van der Waals surface area contributed by atoms with Gasteiger partial charge < -0.3 is 14.9 Å². The van der Waals surface area contributed by atoms with Crippen molar-refractivity contribution in [3.8, 4) is 5.88 Å². The molecule has 0 unspecified atom stereocenters. The molecule has 6 heteroatoms. The van der Waals surface area contributed by atoms with E-state index in [4.69, 9.17) is 9.84 Å². The number of carboxylic acid groups (broad SMARTS) is 1. The topological polar surface area (TPSA) is 84.1 Å². The molecule has 0 atom stereocenters. The van der Waals surface area contributed by atoms with Crippen LogP contribution in [0.25, 0.3) is 5.52 Å². The summed E-state index contributed by atoms with van der Waals surface area (Å²) < 4.78 is 6.25. The first-order valence-corrected chi connectivity index (χ1v) is 4.56. The van der Waals surface area contributed by atoms with E-state index in [9.17, 15) is 9.90 Å². The maximum absolute atomic E-state index is 10.9. The van der Waals surface area contributed by atoms with E-state index >= 15 is 0 Å². The molecule has 0 spiro atoms. The van der Waals surface area contributed by atoms with E-state index in [2.05, 4.69) is 4.98 Å². The number of aromatic carboxylic acids is 1. The Labute approximate surface area is 90.7 Å². The molecule has 0 fully saturated rings. The Morgan fingerprint density at radius 2 is 2.31 bits per heavy atom. The monoisotopic (exact) mass is 222 g/mol. The number of imidazole rings is 1. The molecule has 84 valence electrons. The number of fused-ring (bicyclic) bond motifs is 1. The first kappa shape index (κ1) is 10.4. The van der Waals surface area contributed by atoms with Crippen molar-refractivity contribution < 1.29 is 19.7 Å². The zero-order chi connectivity index (χ0) is 11.7. The van der Waals surface area contributed by atoms with Gasteiger partial charge in [-0.25, -0.2) is 9.78 Å². The summed E-state index contributed by atoms with van der Waals surface area (Å²) in [5.41, 5.74) is 0.252. The van der Waals surface area contributed by atoms with Crippen LogP contribution in [0, 0.1) is 0 Å². The molecule has 16 heavy (non-hydrogen) atoms. The quantitative estimate of drug-likeness (QED) is 0.805. The van der Waals surface area contributed by atoms with Crippen LogP contribution in [0.4, 0.5) is 0 Å². The number of aromatic nitrogens is 2. The molecule has 2 N–H and O–H groups in total. The first-order chi connectivity index (χ1) is 7.65. The van der Waals surface area contributed by atoms with E-state index < -0.39 is 5.97 Å². The van der Waals surface area contributed by atoms with Crippen molar-refractivity contribution in [2.75, 3.05) is 7.11 Å². The minimum absolute atomic E-state index is 0.0652. The van der Waals surface area contributed by atoms with Gasteiger partial charge in [-0.05, 0) is 12.1 Å². The number of hydrogen-bond acceptors (Lipinski definition) is 4. The number of hydrogen-bond donors (Lipinski definition) is 2. The summed E-state index contributed by atoms with van der Waals surface area (Å²) in [6.45, 7) is 0.131. The maximum Gasteiger partial charge on any atom is 0.356 e. The lowest BCUT2D eigenvalue weighted by atomic mass is 10.3. The number of carbonyl (C=O) groups is 1. The molecule has 0 saturated heterocycles. The van der Waals surface area contributed by atoms with Gasteiger partial charge in [0.05, 0.1) is 5.52 Å². The van der Waals surface area contributed by atoms with Crippen molar-refractivity contribution in [1.29, 1.82) is 0 Å². The molecule has 0 aliphatic heterocycles. The summed E-state index contributed by atoms with van der Waals surface area (Å²) in [4.78, 5) is 14.9. The predicted octanol–water partition coefficient (Wildman–Crippen LogP) is 0.884. The van der Waals surface area contributed by atoms with Gasteiger partial charge in [0, 0.05) is 7.11 Å². The second kappa shape index (κ2) is 3.82. The van der Waals surface area contributed by atoms with Crippen molar-refractivity contribution in [2.45, 2.75) is 6.61 Å². The zero-order valence-corrected chi connectivity index (χ0v) is 8.54. The molecule has 0 bridgehead atoms. The lowest BCUT2D eigenvalue weighted by molar-refractivity contribution is 0.0692. The van der Waals surface area contributed by atoms with Gasteiger partial charge in [-0.15, -0.1) is 0 Å². The highest BCUT2D eigenvalue weighted by Gasteiger charge is 2.17. The van der Waals surface area contributed by atoms with Gasteiger partial charge in [0.15, 0.2) is 11.6 Å². The Morgan fingerprint density at radius 3 is 2.94 bits per heavy atom. The summed E-state index contributed by atoms with van der Waals surface area (Å²) in [5.74, 6) is -0.844. The van der Waals surface area contributed by atoms with Crippen LogP contribution >= 0.6 is 0 Å². The molecular formula is C10H10N2O4. The van der Waals surface area contributed by atoms with Gasteiger partial charge in [0.25, 0.3) is 0 Å². The Balaban J connectivity index is 2.76. The smallest absolute Gasteiger partial charge is 0.356 e. The van der Waals surface area contributed by atoms with Gasteiger partial charge in [-0.2, -0.15) is 0 Å². The molecule has 0 amide bonds. The minimum atomic E-state index is -1.13. The number of aromatic hydroxyl groups is 1. The number of rotatable bonds is 3. The van der Waals surface area contributed by atoms with E-state index in [0.29, 0.717) is 11.3 Å². The van der Waals surface area contributed by atoms with Crippen LogP contribution in [0.1, 0.15) is 16.3 Å². The summed E-state index contributed by atoms with van der Waals surface area (Å²) in [6.07, 6.45) is 0. The average Bonchev–Trinajstić information content (AvgIpc) is 2.59. The number of nitrogens with zero attached hydrogens (tertiary/aromatic N) is 2. The minimum Gasteiger partial charge on any atom is -0.494 e. The fraction of sp³-hybridized carbons (Fsp3) is 0.200. The highest BCUT2D eigenvalue weighted by Crippen LogP contribution is 2.20. The van der Waals surface area contributed by atoms with Crippen LogP contribution < -0.4 is 0 Å². The first-order valence-electron chi connectivity index (χ1n) is 4.56. The van der Waals surface area contributed by atoms with E-state index in [1.165, 1.54) is 17.6 Å². The normalized spacial score (nSPS) is 10.8. The largest absolute Gasteiger partial charge is 0.494 e. The van der Waals surface area contributed by atoms with Gasteiger partial charge in [0.2, 0.25) is 0 Å². The number of pyridine rings is 1. The molecular weight excluding hydrogens is 212 g/mol. The molecule has 2 rings (SSSR count). The maximum atomic E-state index is 10.9. The molecule has 0 aliphatic carbocycles. The van der Waals surface area contributed by atoms with Gasteiger partial charge in [-0.1, -0.05) is 6.07 Å². The molecule has 2 heterocycles. The Bertz CT molecular complexity index is 547. The summed E-state index contributed by atoms with van der Waals surface area (Å²) in [5, 5.41) is 18.6. The van der Waals surface area contributed by atoms with Crippen LogP contribution in [0.3, 0.4) is 0 Å². The summed E-state index contributed by atoms with van der Waals surface area (Å²) in [6, 6.07) is 4.60. The Hall–Kier alpha value is -2.08. The number of carboxylic acids is 1. The van der Waals surface area contributed by atoms with Gasteiger partial charge in [-0.3, -0.25) is 4.40 Å². The predicted molar refractivity (Wildman–Crippen MR) is 54.5 cm³/mol. The van der Waals surface area contributed by atoms with Gasteiger partial charge >= 0.3 is 5.97 Å². The standard InChI is InChI=1S/C10H10N2O4/c1-16-5-7-11-9(10(14)15)6-3-2-4-8(13)12(6)7/h2-4,13H,5H2,1H3,(H,14,15). The third kappa shape index (κ3) is 1.49. The average molecular weight is 222 g/mol. The molecule has 0 radical (unpaired) electrons. The Morgan fingerprint density at radius 1 is 1.56 bits per heavy atom. The molecule has 2 aromatic rings. The van der Waals surface area contributed by atoms with E-state index in [1.807, 2.05) is 0 Å². The third-order valence-corrected chi connectivity index (χ3v) is 2.19. The fourth-order valence-electron chi connectivity index (χ4n) is 1.57. The third-order valence-electron chi connectivity index (χ3n) is 2.19. The van der Waals surface area contributed by atoms with Crippen LogP contribution in [0.15, 0.2) is 18.2 Å². The second-order valence-corrected chi connectivity index (χ2v) is 3.22. The molecule has 6 nitrogen and oxygen atoms in total. The molecule has 2 aromatic heterocycles. The second-order valence-electron chi connectivity index (χ2n) is 3.22. The van der Waals surface area contributed by atoms with E-state index in [1.54, 1.807) is 12.1 Å². The number of methoxy groups -OCH3 is 1. The van der Waals surface area contributed by atoms with Crippen molar-refractivity contribution in [3.63, 3.8) is 0 Å². The lowest BCUT2D eigenvalue weighted by Gasteiger charge is -2.01. The van der Waals surface area contributed by atoms with E-state index in [0.717, 1.165) is 0 Å². The summed E-state index contributed by atoms with van der Waals surface area (Å²) in [7, 11) is 1.47. The molecule has 0 aromatic carbocycles. The molecule has 0 aliphatic rings. The van der Waals surface area contributed by atoms with Crippen LogP contribution in [-0.2, 0) is 11.3 Å². The van der Waals surface area contributed by atoms with E-state index in [-0.39, 0.29) is 18.2 Å². The van der Waals surface area contributed by atoms with Crippen molar-refractivity contribution in [1.82, 2.24) is 9.38 Å². The molecule has 0 saturated carbocycles. The van der Waals surface area contributed by atoms with Crippen LogP contribution in [0.5, 0.6) is 5.88 Å². The van der Waals surface area contributed by atoms with Crippen LogP contribution in [-0.4, -0.2) is 32.7 Å². The Kier molecular flexibility index (Phi) is 2.49. The van der Waals surface area contributed by atoms with Gasteiger partial charge in [0.1, 0.15) is 12.4 Å². The SMILES string of the molecule is COCc1nc(C(=O)O)c2cccc(O)n12. The zero-order valence-electron chi connectivity index (χ0n) is 8.54. The lowest BCUT2D eigenvalue weighted by Crippen LogP contribution is -1.97. The highest BCUT2D eigenvalue weighted by molar-refractivity contribution is 5.93. The van der Waals surface area contributed by atoms with Crippen molar-refractivity contribution in [2.24, 2.45) is 0 Å². The summed E-state index contributed by atoms with van der Waals surface area (Å²) >= 11 is 0. The van der Waals surface area contributed by atoms with Crippen molar-refractivity contribution >= 4 is 11.5 Å². The fourth-order valence-corrected chi connectivity index (χ4v) is 1.57. The number of ether oxygens (including phenoxy) is 1.